The number of furan rings is 1. The molecule has 1 atom stereocenters. The van der Waals surface area contributed by atoms with Crippen molar-refractivity contribution in [2.45, 2.75) is 25.8 Å². The fourth-order valence-corrected chi connectivity index (χ4v) is 2.70. The van der Waals surface area contributed by atoms with Crippen LogP contribution in [-0.4, -0.2) is 23.3 Å². The van der Waals surface area contributed by atoms with Crippen LogP contribution >= 0.6 is 0 Å². The number of amides is 2. The zero-order chi connectivity index (χ0) is 15.0. The van der Waals surface area contributed by atoms with Gasteiger partial charge in [-0.1, -0.05) is 25.1 Å². The number of piperidine rings is 1. The highest BCUT2D eigenvalue weighted by Crippen LogP contribution is 2.25. The predicted molar refractivity (Wildman–Crippen MR) is 78.3 cm³/mol. The van der Waals surface area contributed by atoms with Crippen LogP contribution in [-0.2, 0) is 9.59 Å². The number of fused-ring (bicyclic) bond motifs is 1. The Balaban J connectivity index is 1.77. The van der Waals surface area contributed by atoms with Gasteiger partial charge in [0.05, 0.1) is 12.6 Å². The summed E-state index contributed by atoms with van der Waals surface area (Å²) in [7, 11) is 0. The molecule has 2 aromatic rings. The Hall–Kier alpha value is -2.14. The first kappa shape index (κ1) is 13.8. The van der Waals surface area contributed by atoms with Gasteiger partial charge in [0.25, 0.3) is 0 Å². The lowest BCUT2D eigenvalue weighted by Crippen LogP contribution is -2.45. The number of likely N-dealkylation sites (tertiary alicyclic amines) is 1. The summed E-state index contributed by atoms with van der Waals surface area (Å²) in [6.07, 6.45) is 0.803. The standard InChI is InChI=1S/C16H18N2O3/c1-10-6-15(19)18(16(20)7-10)9-12(17)14-8-11-4-2-3-5-13(11)21-14/h2-5,8,10,12H,6-7,9,17H2,1H3. The van der Waals surface area contributed by atoms with Gasteiger partial charge in [-0.2, -0.15) is 0 Å². The first-order valence-electron chi connectivity index (χ1n) is 7.12. The van der Waals surface area contributed by atoms with E-state index in [1.807, 2.05) is 37.3 Å². The zero-order valence-electron chi connectivity index (χ0n) is 11.9. The van der Waals surface area contributed by atoms with Crippen LogP contribution in [0.25, 0.3) is 11.0 Å². The summed E-state index contributed by atoms with van der Waals surface area (Å²) in [6, 6.07) is 8.98. The Kier molecular flexibility index (Phi) is 3.51. The van der Waals surface area contributed by atoms with Crippen molar-refractivity contribution in [2.75, 3.05) is 6.54 Å². The van der Waals surface area contributed by atoms with E-state index in [2.05, 4.69) is 0 Å². The minimum atomic E-state index is -0.501. The SMILES string of the molecule is CC1CC(=O)N(CC(N)c2cc3ccccc3o2)C(=O)C1. The molecule has 1 aromatic carbocycles. The normalized spacial score (nSPS) is 18.5. The molecule has 1 aromatic heterocycles. The molecule has 2 heterocycles. The maximum Gasteiger partial charge on any atom is 0.229 e. The third-order valence-corrected chi connectivity index (χ3v) is 3.84. The number of benzene rings is 1. The van der Waals surface area contributed by atoms with Gasteiger partial charge >= 0.3 is 0 Å². The molecule has 1 aliphatic heterocycles. The Morgan fingerprint density at radius 2 is 1.95 bits per heavy atom. The molecule has 0 aliphatic carbocycles. The summed E-state index contributed by atoms with van der Waals surface area (Å²) in [5, 5.41) is 0.966. The molecule has 0 saturated carbocycles. The van der Waals surface area contributed by atoms with Crippen LogP contribution in [0.4, 0.5) is 0 Å². The Morgan fingerprint density at radius 1 is 1.29 bits per heavy atom. The largest absolute Gasteiger partial charge is 0.459 e. The summed E-state index contributed by atoms with van der Waals surface area (Å²) >= 11 is 0. The van der Waals surface area contributed by atoms with Crippen molar-refractivity contribution >= 4 is 22.8 Å². The Morgan fingerprint density at radius 3 is 2.62 bits per heavy atom. The highest BCUT2D eigenvalue weighted by molar-refractivity contribution is 5.97. The zero-order valence-corrected chi connectivity index (χ0v) is 11.9. The second kappa shape index (κ2) is 5.33. The molecule has 2 N–H and O–H groups in total. The molecule has 1 unspecified atom stereocenters. The number of carbonyl (C=O) groups is 2. The fourth-order valence-electron chi connectivity index (χ4n) is 2.70. The van der Waals surface area contributed by atoms with Crippen LogP contribution in [0, 0.1) is 5.92 Å². The molecule has 5 heteroatoms. The van der Waals surface area contributed by atoms with Crippen molar-refractivity contribution in [1.82, 2.24) is 4.90 Å². The average molecular weight is 286 g/mol. The van der Waals surface area contributed by atoms with Crippen molar-refractivity contribution in [3.63, 3.8) is 0 Å². The number of carbonyl (C=O) groups excluding carboxylic acids is 2. The molecule has 0 spiro atoms. The second-order valence-electron chi connectivity index (χ2n) is 5.70. The molecule has 1 aliphatic rings. The van der Waals surface area contributed by atoms with Crippen molar-refractivity contribution in [1.29, 1.82) is 0 Å². The van der Waals surface area contributed by atoms with Crippen LogP contribution in [0.5, 0.6) is 0 Å². The van der Waals surface area contributed by atoms with Gasteiger partial charge < -0.3 is 10.2 Å². The number of rotatable bonds is 3. The van der Waals surface area contributed by atoms with Gasteiger partial charge in [-0.3, -0.25) is 14.5 Å². The van der Waals surface area contributed by atoms with E-state index in [0.717, 1.165) is 11.0 Å². The van der Waals surface area contributed by atoms with E-state index in [-0.39, 0.29) is 24.3 Å². The predicted octanol–water partition coefficient (Wildman–Crippen LogP) is 2.22. The van der Waals surface area contributed by atoms with E-state index in [1.54, 1.807) is 0 Å². The number of nitrogens with two attached hydrogens (primary N) is 1. The monoisotopic (exact) mass is 286 g/mol. The topological polar surface area (TPSA) is 76.5 Å². The van der Waals surface area contributed by atoms with Crippen molar-refractivity contribution in [2.24, 2.45) is 11.7 Å². The van der Waals surface area contributed by atoms with E-state index in [0.29, 0.717) is 18.6 Å². The van der Waals surface area contributed by atoms with Gasteiger partial charge in [-0.25, -0.2) is 0 Å². The summed E-state index contributed by atoms with van der Waals surface area (Å²) in [4.78, 5) is 25.2. The van der Waals surface area contributed by atoms with Gasteiger partial charge in [0.1, 0.15) is 11.3 Å². The smallest absolute Gasteiger partial charge is 0.229 e. The maximum absolute atomic E-state index is 12.0. The van der Waals surface area contributed by atoms with Gasteiger partial charge in [0, 0.05) is 18.2 Å². The molecule has 2 amide bonds. The van der Waals surface area contributed by atoms with Crippen molar-refractivity contribution < 1.29 is 14.0 Å². The summed E-state index contributed by atoms with van der Waals surface area (Å²) < 4.78 is 5.69. The van der Waals surface area contributed by atoms with Crippen LogP contribution in [0.15, 0.2) is 34.7 Å². The summed E-state index contributed by atoms with van der Waals surface area (Å²) in [6.45, 7) is 2.08. The van der Waals surface area contributed by atoms with Crippen molar-refractivity contribution in [3.05, 3.63) is 36.1 Å². The van der Waals surface area contributed by atoms with Gasteiger partial charge in [0.2, 0.25) is 11.8 Å². The van der Waals surface area contributed by atoms with Crippen LogP contribution in [0.2, 0.25) is 0 Å². The first-order chi connectivity index (χ1) is 10.0. The molecule has 3 rings (SSSR count). The molecular weight excluding hydrogens is 268 g/mol. The molecule has 1 fully saturated rings. The highest BCUT2D eigenvalue weighted by Gasteiger charge is 2.32. The van der Waals surface area contributed by atoms with Crippen molar-refractivity contribution in [3.8, 4) is 0 Å². The van der Waals surface area contributed by atoms with Crippen LogP contribution in [0.3, 0.4) is 0 Å². The van der Waals surface area contributed by atoms with Gasteiger partial charge in [-0.05, 0) is 18.1 Å². The van der Waals surface area contributed by atoms with E-state index in [1.165, 1.54) is 4.90 Å². The lowest BCUT2D eigenvalue weighted by atomic mass is 9.97. The lowest BCUT2D eigenvalue weighted by Gasteiger charge is -2.29. The fraction of sp³-hybridized carbons (Fsp3) is 0.375. The molecule has 0 bridgehead atoms. The molecule has 1 saturated heterocycles. The first-order valence-corrected chi connectivity index (χ1v) is 7.12. The van der Waals surface area contributed by atoms with E-state index < -0.39 is 6.04 Å². The number of para-hydroxylation sites is 1. The minimum absolute atomic E-state index is 0.115. The minimum Gasteiger partial charge on any atom is -0.459 e. The Labute approximate surface area is 122 Å². The summed E-state index contributed by atoms with van der Waals surface area (Å²) in [5.74, 6) is 0.412. The lowest BCUT2D eigenvalue weighted by molar-refractivity contribution is -0.150. The Bertz CT molecular complexity index is 641. The molecule has 110 valence electrons. The maximum atomic E-state index is 12.0. The van der Waals surface area contributed by atoms with Gasteiger partial charge in [-0.15, -0.1) is 0 Å². The van der Waals surface area contributed by atoms with Crippen LogP contribution in [0.1, 0.15) is 31.6 Å². The molecule has 0 radical (unpaired) electrons. The molecular formula is C16H18N2O3. The quantitative estimate of drug-likeness (QED) is 0.878. The molecule has 21 heavy (non-hydrogen) atoms. The third kappa shape index (κ3) is 2.69. The number of nitrogens with zero attached hydrogens (tertiary/aromatic N) is 1. The second-order valence-corrected chi connectivity index (χ2v) is 5.70. The summed E-state index contributed by atoms with van der Waals surface area (Å²) in [5.41, 5.74) is 6.87. The molecule has 5 nitrogen and oxygen atoms in total. The number of hydrogen-bond donors (Lipinski definition) is 1. The third-order valence-electron chi connectivity index (χ3n) is 3.84. The number of imide groups is 1. The highest BCUT2D eigenvalue weighted by atomic mass is 16.3. The van der Waals surface area contributed by atoms with E-state index >= 15 is 0 Å². The van der Waals surface area contributed by atoms with E-state index in [4.69, 9.17) is 10.2 Å². The average Bonchev–Trinajstić information content (AvgIpc) is 2.86. The van der Waals surface area contributed by atoms with Gasteiger partial charge in [0.15, 0.2) is 0 Å². The number of hydrogen-bond acceptors (Lipinski definition) is 4. The van der Waals surface area contributed by atoms with Crippen LogP contribution < -0.4 is 5.73 Å². The van der Waals surface area contributed by atoms with E-state index in [9.17, 15) is 9.59 Å².